The third kappa shape index (κ3) is 2.79. The maximum atomic E-state index is 10.7. The van der Waals surface area contributed by atoms with Crippen molar-refractivity contribution in [2.45, 2.75) is 19.9 Å². The molecule has 0 aromatic heterocycles. The average molecular weight is 177 g/mol. The lowest BCUT2D eigenvalue weighted by molar-refractivity contribution is 0.466. The molecule has 1 aliphatic rings. The first kappa shape index (κ1) is 9.00. The van der Waals surface area contributed by atoms with Crippen molar-refractivity contribution in [3.05, 3.63) is 0 Å². The predicted molar refractivity (Wildman–Crippen MR) is 45.3 cm³/mol. The summed E-state index contributed by atoms with van der Waals surface area (Å²) in [5.41, 5.74) is 0. The minimum absolute atomic E-state index is 0.363. The Balaban J connectivity index is 2.14. The molecule has 11 heavy (non-hydrogen) atoms. The number of hydrogen-bond acceptors (Lipinski definition) is 3. The normalized spacial score (nSPS) is 23.5. The van der Waals surface area contributed by atoms with E-state index < -0.39 is 9.84 Å². The summed E-state index contributed by atoms with van der Waals surface area (Å²) in [6.45, 7) is 4.97. The van der Waals surface area contributed by atoms with E-state index in [4.69, 9.17) is 0 Å². The highest BCUT2D eigenvalue weighted by molar-refractivity contribution is 7.92. The summed E-state index contributed by atoms with van der Waals surface area (Å²) < 4.78 is 21.4. The molecule has 0 saturated carbocycles. The minimum atomic E-state index is -2.62. The number of hydrogen-bond donors (Lipinski definition) is 1. The van der Waals surface area contributed by atoms with Gasteiger partial charge in [0.15, 0.2) is 9.84 Å². The molecule has 3 nitrogen and oxygen atoms in total. The fourth-order valence-corrected chi connectivity index (χ4v) is 2.76. The first-order valence-electron chi connectivity index (χ1n) is 3.93. The van der Waals surface area contributed by atoms with Crippen molar-refractivity contribution in [3.8, 4) is 0 Å². The standard InChI is InChI=1S/C7H15NO2S/c1-6(2)8-3-7-4-11(9,10)5-7/h6-8H,3-5H2,1-2H3. The molecule has 1 aliphatic heterocycles. The van der Waals surface area contributed by atoms with E-state index in [1.54, 1.807) is 0 Å². The molecule has 1 saturated heterocycles. The van der Waals surface area contributed by atoms with Crippen LogP contribution in [-0.4, -0.2) is 32.5 Å². The Hall–Kier alpha value is -0.0900. The van der Waals surface area contributed by atoms with E-state index in [1.165, 1.54) is 0 Å². The molecule has 66 valence electrons. The molecular formula is C7H15NO2S. The molecule has 1 heterocycles. The zero-order valence-corrected chi connectivity index (χ0v) is 7.82. The molecule has 0 aromatic rings. The molecule has 0 atom stereocenters. The van der Waals surface area contributed by atoms with Crippen molar-refractivity contribution >= 4 is 9.84 Å². The van der Waals surface area contributed by atoms with Crippen LogP contribution in [0.5, 0.6) is 0 Å². The van der Waals surface area contributed by atoms with Crippen molar-refractivity contribution in [3.63, 3.8) is 0 Å². The Morgan fingerprint density at radius 3 is 2.36 bits per heavy atom. The van der Waals surface area contributed by atoms with Crippen LogP contribution in [0.25, 0.3) is 0 Å². The predicted octanol–water partition coefficient (Wildman–Crippen LogP) is 0.0290. The number of rotatable bonds is 3. The Morgan fingerprint density at radius 2 is 2.00 bits per heavy atom. The summed E-state index contributed by atoms with van der Waals surface area (Å²) in [6.07, 6.45) is 0. The van der Waals surface area contributed by atoms with Crippen LogP contribution >= 0.6 is 0 Å². The first-order valence-corrected chi connectivity index (χ1v) is 5.75. The van der Waals surface area contributed by atoms with Crippen LogP contribution in [0.15, 0.2) is 0 Å². The maximum Gasteiger partial charge on any atom is 0.151 e. The summed E-state index contributed by atoms with van der Waals surface area (Å²) in [5, 5.41) is 3.22. The van der Waals surface area contributed by atoms with Gasteiger partial charge in [-0.05, 0) is 5.92 Å². The van der Waals surface area contributed by atoms with Crippen LogP contribution in [0, 0.1) is 5.92 Å². The second-order valence-corrected chi connectivity index (χ2v) is 5.66. The van der Waals surface area contributed by atoms with Crippen LogP contribution in [0.2, 0.25) is 0 Å². The second kappa shape index (κ2) is 3.11. The lowest BCUT2D eigenvalue weighted by Crippen LogP contribution is -2.44. The average Bonchev–Trinajstić information content (AvgIpc) is 1.78. The van der Waals surface area contributed by atoms with Crippen molar-refractivity contribution in [1.29, 1.82) is 0 Å². The van der Waals surface area contributed by atoms with E-state index >= 15 is 0 Å². The van der Waals surface area contributed by atoms with E-state index in [1.807, 2.05) is 0 Å². The highest BCUT2D eigenvalue weighted by atomic mass is 32.2. The lowest BCUT2D eigenvalue weighted by atomic mass is 10.2. The van der Waals surface area contributed by atoms with Gasteiger partial charge in [0.1, 0.15) is 0 Å². The van der Waals surface area contributed by atoms with Gasteiger partial charge in [-0.3, -0.25) is 0 Å². The van der Waals surface area contributed by atoms with E-state index in [0.717, 1.165) is 6.54 Å². The molecule has 4 heteroatoms. The molecule has 0 unspecified atom stereocenters. The molecule has 0 aliphatic carbocycles. The summed E-state index contributed by atoms with van der Waals surface area (Å²) in [6, 6.07) is 0.457. The van der Waals surface area contributed by atoms with Crippen molar-refractivity contribution in [2.75, 3.05) is 18.1 Å². The van der Waals surface area contributed by atoms with Gasteiger partial charge in [0.05, 0.1) is 11.5 Å². The molecule has 0 radical (unpaired) electrons. The Morgan fingerprint density at radius 1 is 1.45 bits per heavy atom. The van der Waals surface area contributed by atoms with Crippen LogP contribution in [0.4, 0.5) is 0 Å². The number of sulfone groups is 1. The molecule has 0 aromatic carbocycles. The summed E-state index contributed by atoms with van der Waals surface area (Å²) in [4.78, 5) is 0. The Labute approximate surface area is 68.1 Å². The van der Waals surface area contributed by atoms with Crippen LogP contribution in [0.1, 0.15) is 13.8 Å². The Bertz CT molecular complexity index is 209. The van der Waals surface area contributed by atoms with Gasteiger partial charge < -0.3 is 5.32 Å². The van der Waals surface area contributed by atoms with Crippen LogP contribution in [0.3, 0.4) is 0 Å². The second-order valence-electron chi connectivity index (χ2n) is 3.51. The topological polar surface area (TPSA) is 46.2 Å². The van der Waals surface area contributed by atoms with Gasteiger partial charge in [-0.2, -0.15) is 0 Å². The van der Waals surface area contributed by atoms with E-state index in [9.17, 15) is 8.42 Å². The van der Waals surface area contributed by atoms with Gasteiger partial charge in [-0.1, -0.05) is 13.8 Å². The molecule has 0 amide bonds. The van der Waals surface area contributed by atoms with E-state index in [0.29, 0.717) is 23.5 Å². The monoisotopic (exact) mass is 177 g/mol. The van der Waals surface area contributed by atoms with Gasteiger partial charge in [-0.25, -0.2) is 8.42 Å². The lowest BCUT2D eigenvalue weighted by Gasteiger charge is -2.26. The summed E-state index contributed by atoms with van der Waals surface area (Å²) in [7, 11) is -2.62. The van der Waals surface area contributed by atoms with Gasteiger partial charge in [0.25, 0.3) is 0 Å². The SMILES string of the molecule is CC(C)NCC1CS(=O)(=O)C1. The van der Waals surface area contributed by atoms with Gasteiger partial charge in [0.2, 0.25) is 0 Å². The molecule has 0 spiro atoms. The van der Waals surface area contributed by atoms with Crippen LogP contribution in [-0.2, 0) is 9.84 Å². The van der Waals surface area contributed by atoms with Crippen molar-refractivity contribution < 1.29 is 8.42 Å². The third-order valence-corrected chi connectivity index (χ3v) is 3.75. The van der Waals surface area contributed by atoms with E-state index in [2.05, 4.69) is 19.2 Å². The fraction of sp³-hybridized carbons (Fsp3) is 1.00. The molecule has 1 rings (SSSR count). The summed E-state index contributed by atoms with van der Waals surface area (Å²) in [5.74, 6) is 1.13. The maximum absolute atomic E-state index is 10.7. The van der Waals surface area contributed by atoms with Gasteiger partial charge in [0, 0.05) is 12.6 Å². The zero-order chi connectivity index (χ0) is 8.48. The Kier molecular flexibility index (Phi) is 2.54. The molecule has 1 fully saturated rings. The van der Waals surface area contributed by atoms with Crippen molar-refractivity contribution in [1.82, 2.24) is 5.32 Å². The zero-order valence-electron chi connectivity index (χ0n) is 7.00. The van der Waals surface area contributed by atoms with Gasteiger partial charge >= 0.3 is 0 Å². The largest absolute Gasteiger partial charge is 0.314 e. The van der Waals surface area contributed by atoms with Crippen LogP contribution < -0.4 is 5.32 Å². The summed E-state index contributed by atoms with van der Waals surface area (Å²) >= 11 is 0. The molecular weight excluding hydrogens is 162 g/mol. The third-order valence-electron chi connectivity index (χ3n) is 1.79. The van der Waals surface area contributed by atoms with Gasteiger partial charge in [-0.15, -0.1) is 0 Å². The number of nitrogens with one attached hydrogen (secondary N) is 1. The quantitative estimate of drug-likeness (QED) is 0.661. The first-order chi connectivity index (χ1) is 4.99. The highest BCUT2D eigenvalue weighted by Crippen LogP contribution is 2.16. The molecule has 1 N–H and O–H groups in total. The minimum Gasteiger partial charge on any atom is -0.314 e. The fourth-order valence-electron chi connectivity index (χ4n) is 1.19. The highest BCUT2D eigenvalue weighted by Gasteiger charge is 2.32. The molecule has 0 bridgehead atoms. The van der Waals surface area contributed by atoms with E-state index in [-0.39, 0.29) is 0 Å². The van der Waals surface area contributed by atoms with Crippen molar-refractivity contribution in [2.24, 2.45) is 5.92 Å². The smallest absolute Gasteiger partial charge is 0.151 e.